The fourth-order valence-corrected chi connectivity index (χ4v) is 2.17. The molecule has 2 rings (SSSR count). The summed E-state index contributed by atoms with van der Waals surface area (Å²) in [5.41, 5.74) is 1.34. The smallest absolute Gasteiger partial charge is 0.182 e. The molecule has 6 heteroatoms. The van der Waals surface area contributed by atoms with Gasteiger partial charge >= 0.3 is 0 Å². The Morgan fingerprint density at radius 2 is 1.86 bits per heavy atom. The summed E-state index contributed by atoms with van der Waals surface area (Å²) in [6.45, 7) is 6.28. The predicted octanol–water partition coefficient (Wildman–Crippen LogP) is 3.75. The number of anilines is 1. The number of nitrogens with one attached hydrogen (secondary N) is 1. The van der Waals surface area contributed by atoms with Gasteiger partial charge in [0, 0.05) is 42.9 Å². The van der Waals surface area contributed by atoms with Gasteiger partial charge in [0.05, 0.1) is 11.4 Å². The van der Waals surface area contributed by atoms with Gasteiger partial charge in [-0.05, 0) is 0 Å². The van der Waals surface area contributed by atoms with E-state index in [-0.39, 0.29) is 17.6 Å². The van der Waals surface area contributed by atoms with Crippen LogP contribution in [0.4, 0.5) is 18.9 Å². The molecule has 1 aromatic carbocycles. The summed E-state index contributed by atoms with van der Waals surface area (Å²) in [5.74, 6) is -3.11. The highest BCUT2D eigenvalue weighted by Crippen LogP contribution is 2.26. The Hall–Kier alpha value is -1.98. The normalized spacial score (nSPS) is 11.8. The van der Waals surface area contributed by atoms with Crippen molar-refractivity contribution in [3.63, 3.8) is 0 Å². The van der Waals surface area contributed by atoms with Gasteiger partial charge in [0.2, 0.25) is 0 Å². The molecule has 0 saturated carbocycles. The predicted molar refractivity (Wildman–Crippen MR) is 75.6 cm³/mol. The first-order valence-corrected chi connectivity index (χ1v) is 6.60. The van der Waals surface area contributed by atoms with Crippen LogP contribution in [-0.4, -0.2) is 9.78 Å². The Kier molecular flexibility index (Phi) is 3.98. The summed E-state index contributed by atoms with van der Waals surface area (Å²) < 4.78 is 41.6. The third-order valence-corrected chi connectivity index (χ3v) is 3.08. The fraction of sp³-hybridized carbons (Fsp3) is 0.400. The highest BCUT2D eigenvalue weighted by Gasteiger charge is 2.22. The van der Waals surface area contributed by atoms with Crippen molar-refractivity contribution in [2.75, 3.05) is 5.32 Å². The maximum atomic E-state index is 13.6. The van der Waals surface area contributed by atoms with Crippen LogP contribution in [-0.2, 0) is 19.0 Å². The second-order valence-electron chi connectivity index (χ2n) is 6.03. The van der Waals surface area contributed by atoms with Crippen molar-refractivity contribution in [2.24, 2.45) is 7.05 Å². The molecule has 0 aliphatic rings. The van der Waals surface area contributed by atoms with E-state index in [0.717, 1.165) is 17.3 Å². The zero-order chi connectivity index (χ0) is 15.8. The Balaban J connectivity index is 2.25. The van der Waals surface area contributed by atoms with Crippen LogP contribution >= 0.6 is 0 Å². The first-order chi connectivity index (χ1) is 9.68. The zero-order valence-corrected chi connectivity index (χ0v) is 12.5. The second-order valence-corrected chi connectivity index (χ2v) is 6.03. The summed E-state index contributed by atoms with van der Waals surface area (Å²) in [5, 5.41) is 7.11. The molecule has 114 valence electrons. The van der Waals surface area contributed by atoms with E-state index in [1.54, 1.807) is 17.9 Å². The lowest BCUT2D eigenvalue weighted by atomic mass is 9.89. The molecule has 0 radical (unpaired) electrons. The second kappa shape index (κ2) is 5.42. The quantitative estimate of drug-likeness (QED) is 0.875. The van der Waals surface area contributed by atoms with Gasteiger partial charge in [-0.25, -0.2) is 13.2 Å². The van der Waals surface area contributed by atoms with Gasteiger partial charge in [-0.2, -0.15) is 5.10 Å². The first-order valence-electron chi connectivity index (χ1n) is 6.60. The number of hydrogen-bond donors (Lipinski definition) is 1. The maximum Gasteiger partial charge on any atom is 0.182 e. The number of nitrogens with zero attached hydrogens (tertiary/aromatic N) is 2. The van der Waals surface area contributed by atoms with E-state index < -0.39 is 17.5 Å². The number of aryl methyl sites for hydroxylation is 1. The topological polar surface area (TPSA) is 29.9 Å². The van der Waals surface area contributed by atoms with E-state index in [0.29, 0.717) is 6.07 Å². The average Bonchev–Trinajstić information content (AvgIpc) is 2.73. The van der Waals surface area contributed by atoms with Crippen LogP contribution in [0.2, 0.25) is 0 Å². The van der Waals surface area contributed by atoms with E-state index in [1.807, 2.05) is 20.8 Å². The third-order valence-electron chi connectivity index (χ3n) is 3.08. The van der Waals surface area contributed by atoms with Crippen LogP contribution in [0.3, 0.4) is 0 Å². The summed E-state index contributed by atoms with van der Waals surface area (Å²) in [6.07, 6.45) is 1.81. The Labute approximate surface area is 121 Å². The molecule has 2 aromatic rings. The molecule has 0 atom stereocenters. The standard InChI is InChI=1S/C15H18F3N3/c1-15(2,3)14-9(8-21(4)20-14)7-19-12-6-10(16)5-11(17)13(12)18/h5-6,8,19H,7H2,1-4H3. The molecule has 1 aromatic heterocycles. The number of benzene rings is 1. The van der Waals surface area contributed by atoms with Crippen molar-refractivity contribution in [1.29, 1.82) is 0 Å². The molecule has 3 nitrogen and oxygen atoms in total. The van der Waals surface area contributed by atoms with E-state index >= 15 is 0 Å². The number of halogens is 3. The van der Waals surface area contributed by atoms with E-state index in [9.17, 15) is 13.2 Å². The van der Waals surface area contributed by atoms with Gasteiger partial charge in [0.15, 0.2) is 11.6 Å². The maximum absolute atomic E-state index is 13.6. The molecule has 0 spiro atoms. The largest absolute Gasteiger partial charge is 0.378 e. The number of hydrogen-bond acceptors (Lipinski definition) is 2. The van der Waals surface area contributed by atoms with Crippen LogP contribution in [0.25, 0.3) is 0 Å². The molecule has 1 heterocycles. The van der Waals surface area contributed by atoms with E-state index in [4.69, 9.17) is 0 Å². The number of aromatic nitrogens is 2. The van der Waals surface area contributed by atoms with Gasteiger partial charge in [0.25, 0.3) is 0 Å². The summed E-state index contributed by atoms with van der Waals surface area (Å²) in [6, 6.07) is 1.46. The minimum absolute atomic E-state index is 0.177. The lowest BCUT2D eigenvalue weighted by Crippen LogP contribution is -2.16. The van der Waals surface area contributed by atoms with Crippen molar-refractivity contribution in [2.45, 2.75) is 32.7 Å². The van der Waals surface area contributed by atoms with Gasteiger partial charge in [-0.3, -0.25) is 4.68 Å². The highest BCUT2D eigenvalue weighted by atomic mass is 19.2. The van der Waals surface area contributed by atoms with Crippen LogP contribution in [0.1, 0.15) is 32.0 Å². The minimum atomic E-state index is -1.21. The summed E-state index contributed by atoms with van der Waals surface area (Å²) >= 11 is 0. The third kappa shape index (κ3) is 3.37. The van der Waals surface area contributed by atoms with Crippen LogP contribution < -0.4 is 5.32 Å². The molecule has 0 unspecified atom stereocenters. The average molecular weight is 297 g/mol. The van der Waals surface area contributed by atoms with Gasteiger partial charge in [-0.1, -0.05) is 20.8 Å². The lowest BCUT2D eigenvalue weighted by molar-refractivity contribution is 0.497. The van der Waals surface area contributed by atoms with Crippen LogP contribution in [0.5, 0.6) is 0 Å². The van der Waals surface area contributed by atoms with E-state index in [2.05, 4.69) is 10.4 Å². The fourth-order valence-electron chi connectivity index (χ4n) is 2.17. The van der Waals surface area contributed by atoms with Gasteiger partial charge in [-0.15, -0.1) is 0 Å². The first kappa shape index (κ1) is 15.4. The van der Waals surface area contributed by atoms with Crippen molar-refractivity contribution in [3.05, 3.63) is 47.0 Å². The Morgan fingerprint density at radius 3 is 2.48 bits per heavy atom. The molecule has 0 fully saturated rings. The minimum Gasteiger partial charge on any atom is -0.378 e. The molecule has 0 saturated heterocycles. The molecule has 21 heavy (non-hydrogen) atoms. The van der Waals surface area contributed by atoms with Crippen LogP contribution in [0.15, 0.2) is 18.3 Å². The molecule has 0 amide bonds. The van der Waals surface area contributed by atoms with Crippen LogP contribution in [0, 0.1) is 17.5 Å². The molecule has 0 aliphatic heterocycles. The van der Waals surface area contributed by atoms with Crippen molar-refractivity contribution < 1.29 is 13.2 Å². The van der Waals surface area contributed by atoms with Gasteiger partial charge < -0.3 is 5.32 Å². The molecular formula is C15H18F3N3. The summed E-state index contributed by atoms with van der Waals surface area (Å²) in [7, 11) is 1.79. The Morgan fingerprint density at radius 1 is 1.19 bits per heavy atom. The van der Waals surface area contributed by atoms with Gasteiger partial charge in [0.1, 0.15) is 5.82 Å². The van der Waals surface area contributed by atoms with Crippen molar-refractivity contribution in [3.8, 4) is 0 Å². The molecular weight excluding hydrogens is 279 g/mol. The van der Waals surface area contributed by atoms with Crippen molar-refractivity contribution in [1.82, 2.24) is 9.78 Å². The lowest BCUT2D eigenvalue weighted by Gasteiger charge is -2.18. The van der Waals surface area contributed by atoms with E-state index in [1.165, 1.54) is 0 Å². The monoisotopic (exact) mass is 297 g/mol. The highest BCUT2D eigenvalue weighted by molar-refractivity contribution is 5.46. The Bertz CT molecular complexity index is 657. The van der Waals surface area contributed by atoms with Crippen molar-refractivity contribution >= 4 is 5.69 Å². The molecule has 1 N–H and O–H groups in total. The SMILES string of the molecule is Cn1cc(CNc2cc(F)cc(F)c2F)c(C(C)(C)C)n1. The zero-order valence-electron chi connectivity index (χ0n) is 12.5. The molecule has 0 aliphatic carbocycles. The number of rotatable bonds is 3. The summed E-state index contributed by atoms with van der Waals surface area (Å²) in [4.78, 5) is 0. The molecule has 0 bridgehead atoms.